The van der Waals surface area contributed by atoms with E-state index in [0.29, 0.717) is 16.0 Å². The van der Waals surface area contributed by atoms with Crippen molar-refractivity contribution in [2.45, 2.75) is 14.7 Å². The zero-order chi connectivity index (χ0) is 21.0. The van der Waals surface area contributed by atoms with Crippen molar-refractivity contribution in [1.29, 1.82) is 0 Å². The van der Waals surface area contributed by atoms with Gasteiger partial charge in [0.05, 0.1) is 15.5 Å². The van der Waals surface area contributed by atoms with Crippen LogP contribution in [0.5, 0.6) is 11.5 Å². The summed E-state index contributed by atoms with van der Waals surface area (Å²) in [4.78, 5) is 1.35. The van der Waals surface area contributed by atoms with Crippen LogP contribution in [0.15, 0.2) is 88.5 Å². The number of phenols is 2. The fraction of sp³-hybridized carbons (Fsp3) is 0. The van der Waals surface area contributed by atoms with E-state index in [-0.39, 0.29) is 22.1 Å². The van der Waals surface area contributed by atoms with E-state index in [1.165, 1.54) is 48.2 Å². The highest BCUT2D eigenvalue weighted by atomic mass is 32.2. The van der Waals surface area contributed by atoms with Crippen LogP contribution in [0.3, 0.4) is 0 Å². The van der Waals surface area contributed by atoms with Gasteiger partial charge in [0.2, 0.25) is 0 Å². The molecule has 0 unspecified atom stereocenters. The average molecular weight is 426 g/mol. The number of benzene rings is 3. The predicted molar refractivity (Wildman–Crippen MR) is 118 cm³/mol. The van der Waals surface area contributed by atoms with Crippen LogP contribution in [0, 0.1) is 0 Å². The van der Waals surface area contributed by atoms with Gasteiger partial charge in [0, 0.05) is 16.0 Å². The Morgan fingerprint density at radius 3 is 2.10 bits per heavy atom. The Kier molecular flexibility index (Phi) is 6.00. The molecule has 148 valence electrons. The quantitative estimate of drug-likeness (QED) is 0.445. The van der Waals surface area contributed by atoms with Crippen LogP contribution in [0.2, 0.25) is 0 Å². The molecule has 3 aromatic rings. The zero-order valence-corrected chi connectivity index (χ0v) is 17.0. The Hall–Kier alpha value is -3.16. The summed E-state index contributed by atoms with van der Waals surface area (Å²) in [6.45, 7) is 7.47. The van der Waals surface area contributed by atoms with Gasteiger partial charge >= 0.3 is 0 Å². The number of hydrogen-bond donors (Lipinski definition) is 3. The summed E-state index contributed by atoms with van der Waals surface area (Å²) in [5, 5.41) is 20.1. The molecule has 0 atom stereocenters. The fourth-order valence-electron chi connectivity index (χ4n) is 2.72. The minimum Gasteiger partial charge on any atom is -0.508 e. The summed E-state index contributed by atoms with van der Waals surface area (Å²) in [5.41, 5.74) is 1.06. The maximum absolute atomic E-state index is 12.8. The van der Waals surface area contributed by atoms with Crippen LogP contribution in [-0.2, 0) is 10.0 Å². The molecule has 0 amide bonds. The normalized spacial score (nSPS) is 11.0. The van der Waals surface area contributed by atoms with Gasteiger partial charge < -0.3 is 10.2 Å². The third-order valence-electron chi connectivity index (χ3n) is 4.11. The summed E-state index contributed by atoms with van der Waals surface area (Å²) in [6.07, 6.45) is 2.92. The Morgan fingerprint density at radius 2 is 1.52 bits per heavy atom. The van der Waals surface area contributed by atoms with Gasteiger partial charge in [-0.3, -0.25) is 4.72 Å². The number of phenolic OH excluding ortho intramolecular Hbond substituents is 2. The molecule has 0 saturated carbocycles. The van der Waals surface area contributed by atoms with E-state index < -0.39 is 10.0 Å². The summed E-state index contributed by atoms with van der Waals surface area (Å²) in [5.74, 6) is -0.0350. The van der Waals surface area contributed by atoms with Crippen molar-refractivity contribution in [2.24, 2.45) is 0 Å². The Morgan fingerprint density at radius 1 is 0.897 bits per heavy atom. The largest absolute Gasteiger partial charge is 0.508 e. The molecule has 0 spiro atoms. The van der Waals surface area contributed by atoms with Gasteiger partial charge in [0.15, 0.2) is 0 Å². The van der Waals surface area contributed by atoms with Gasteiger partial charge in [0.25, 0.3) is 10.0 Å². The Balaban J connectivity index is 2.09. The third-order valence-corrected chi connectivity index (χ3v) is 6.54. The van der Waals surface area contributed by atoms with Crippen LogP contribution >= 0.6 is 11.8 Å². The van der Waals surface area contributed by atoms with E-state index in [1.807, 2.05) is 30.3 Å². The maximum Gasteiger partial charge on any atom is 0.261 e. The van der Waals surface area contributed by atoms with Crippen LogP contribution in [-0.4, -0.2) is 18.6 Å². The van der Waals surface area contributed by atoms with Gasteiger partial charge in [-0.15, -0.1) is 0 Å². The minimum absolute atomic E-state index is 0.00339. The molecular weight excluding hydrogens is 406 g/mol. The number of hydrogen-bond acceptors (Lipinski definition) is 5. The standard InChI is InChI=1S/C22H19NO4S2/c1-3-18-19(4-2)22(25)21(28-16-8-6-5-7-9-16)14-20(18)23-29(26,27)17-12-10-15(24)11-13-17/h3-14,23-25H,1-2H2. The van der Waals surface area contributed by atoms with Crippen molar-refractivity contribution >= 4 is 39.6 Å². The minimum atomic E-state index is -3.92. The number of sulfonamides is 1. The topological polar surface area (TPSA) is 86.6 Å². The Labute approximate surface area is 174 Å². The second kappa shape index (κ2) is 8.46. The van der Waals surface area contributed by atoms with E-state index in [1.54, 1.807) is 6.07 Å². The molecule has 7 heteroatoms. The second-order valence-electron chi connectivity index (χ2n) is 6.02. The molecule has 0 aliphatic rings. The molecule has 0 bridgehead atoms. The highest BCUT2D eigenvalue weighted by molar-refractivity contribution is 7.99. The van der Waals surface area contributed by atoms with Crippen molar-refractivity contribution in [3.63, 3.8) is 0 Å². The lowest BCUT2D eigenvalue weighted by Crippen LogP contribution is -2.14. The van der Waals surface area contributed by atoms with E-state index in [4.69, 9.17) is 0 Å². The monoisotopic (exact) mass is 425 g/mol. The molecule has 3 N–H and O–H groups in total. The van der Waals surface area contributed by atoms with Crippen LogP contribution in [0.25, 0.3) is 12.2 Å². The first kappa shape index (κ1) is 20.6. The number of anilines is 1. The van der Waals surface area contributed by atoms with Crippen molar-refractivity contribution < 1.29 is 18.6 Å². The lowest BCUT2D eigenvalue weighted by molar-refractivity contribution is 0.461. The van der Waals surface area contributed by atoms with Crippen molar-refractivity contribution in [3.8, 4) is 11.5 Å². The number of aromatic hydroxyl groups is 2. The first-order valence-electron chi connectivity index (χ1n) is 8.55. The highest BCUT2D eigenvalue weighted by Gasteiger charge is 2.20. The predicted octanol–water partition coefficient (Wildman–Crippen LogP) is 5.34. The molecule has 0 aromatic heterocycles. The molecule has 0 fully saturated rings. The van der Waals surface area contributed by atoms with E-state index in [2.05, 4.69) is 17.9 Å². The van der Waals surface area contributed by atoms with Gasteiger partial charge in [-0.2, -0.15) is 0 Å². The molecule has 0 aliphatic carbocycles. The number of rotatable bonds is 7. The Bertz CT molecular complexity index is 1160. The molecule has 0 heterocycles. The third kappa shape index (κ3) is 4.47. The highest BCUT2D eigenvalue weighted by Crippen LogP contribution is 2.42. The van der Waals surface area contributed by atoms with E-state index in [9.17, 15) is 18.6 Å². The lowest BCUT2D eigenvalue weighted by Gasteiger charge is -2.17. The van der Waals surface area contributed by atoms with Gasteiger partial charge in [-0.25, -0.2) is 8.42 Å². The lowest BCUT2D eigenvalue weighted by atomic mass is 10.0. The first-order chi connectivity index (χ1) is 13.9. The molecule has 3 rings (SSSR count). The summed E-state index contributed by atoms with van der Waals surface area (Å²) >= 11 is 1.30. The van der Waals surface area contributed by atoms with Gasteiger partial charge in [-0.05, 0) is 42.5 Å². The zero-order valence-electron chi connectivity index (χ0n) is 15.4. The van der Waals surface area contributed by atoms with Crippen molar-refractivity contribution in [1.82, 2.24) is 0 Å². The molecule has 3 aromatic carbocycles. The van der Waals surface area contributed by atoms with Gasteiger partial charge in [-0.1, -0.05) is 55.3 Å². The summed E-state index contributed by atoms with van der Waals surface area (Å²) in [6, 6.07) is 16.2. The molecule has 0 aliphatic heterocycles. The average Bonchev–Trinajstić information content (AvgIpc) is 2.71. The second-order valence-corrected chi connectivity index (χ2v) is 8.82. The maximum atomic E-state index is 12.8. The van der Waals surface area contributed by atoms with Crippen molar-refractivity contribution in [3.05, 3.63) is 84.9 Å². The summed E-state index contributed by atoms with van der Waals surface area (Å²) < 4.78 is 28.2. The molecular formula is C22H19NO4S2. The summed E-state index contributed by atoms with van der Waals surface area (Å²) in [7, 11) is -3.92. The molecule has 5 nitrogen and oxygen atoms in total. The number of nitrogens with one attached hydrogen (secondary N) is 1. The van der Waals surface area contributed by atoms with E-state index >= 15 is 0 Å². The van der Waals surface area contributed by atoms with Crippen LogP contribution in [0.1, 0.15) is 11.1 Å². The first-order valence-corrected chi connectivity index (χ1v) is 10.8. The molecule has 29 heavy (non-hydrogen) atoms. The fourth-order valence-corrected chi connectivity index (χ4v) is 4.72. The molecule has 0 radical (unpaired) electrons. The van der Waals surface area contributed by atoms with E-state index in [0.717, 1.165) is 4.90 Å². The SMILES string of the molecule is C=Cc1c(NS(=O)(=O)c2ccc(O)cc2)cc(Sc2ccccc2)c(O)c1C=C. The smallest absolute Gasteiger partial charge is 0.261 e. The van der Waals surface area contributed by atoms with Crippen molar-refractivity contribution in [2.75, 3.05) is 4.72 Å². The van der Waals surface area contributed by atoms with Crippen LogP contribution in [0.4, 0.5) is 5.69 Å². The molecule has 0 saturated heterocycles. The van der Waals surface area contributed by atoms with Crippen LogP contribution < -0.4 is 4.72 Å². The van der Waals surface area contributed by atoms with Gasteiger partial charge in [0.1, 0.15) is 11.5 Å².